The Morgan fingerprint density at radius 2 is 2.21 bits per heavy atom. The van der Waals surface area contributed by atoms with Crippen LogP contribution in [0.5, 0.6) is 0 Å². The Kier molecular flexibility index (Phi) is 2.94. The lowest BCUT2D eigenvalue weighted by Crippen LogP contribution is -2.36. The highest BCUT2D eigenvalue weighted by molar-refractivity contribution is 7.94. The Balaban J connectivity index is 2.67. The average Bonchev–Trinajstić information content (AvgIpc) is 2.28. The lowest BCUT2D eigenvalue weighted by molar-refractivity contribution is 0.578. The van der Waals surface area contributed by atoms with Gasteiger partial charge in [-0.25, -0.2) is 21.6 Å². The molecule has 78 valence electrons. The van der Waals surface area contributed by atoms with Crippen molar-refractivity contribution in [1.29, 1.82) is 5.26 Å². The molecule has 0 saturated carbocycles. The lowest BCUT2D eigenvalue weighted by Gasteiger charge is -2.07. The van der Waals surface area contributed by atoms with Crippen molar-refractivity contribution in [3.05, 3.63) is 11.5 Å². The average molecular weight is 236 g/mol. The summed E-state index contributed by atoms with van der Waals surface area (Å²) in [5.41, 5.74) is 0. The van der Waals surface area contributed by atoms with E-state index in [9.17, 15) is 16.8 Å². The van der Waals surface area contributed by atoms with Gasteiger partial charge in [-0.05, 0) is 0 Å². The fourth-order valence-electron chi connectivity index (χ4n) is 1.01. The van der Waals surface area contributed by atoms with Gasteiger partial charge < -0.3 is 0 Å². The lowest BCUT2D eigenvalue weighted by atomic mass is 10.4. The fourth-order valence-corrected chi connectivity index (χ4v) is 3.22. The molecule has 0 aromatic carbocycles. The predicted molar refractivity (Wildman–Crippen MR) is 49.3 cm³/mol. The molecule has 0 amide bonds. The van der Waals surface area contributed by atoms with Gasteiger partial charge >= 0.3 is 0 Å². The Bertz CT molecular complexity index is 482. The zero-order chi connectivity index (χ0) is 10.8. The first-order chi connectivity index (χ1) is 6.35. The van der Waals surface area contributed by atoms with E-state index in [4.69, 9.17) is 5.26 Å². The van der Waals surface area contributed by atoms with E-state index in [1.165, 1.54) is 12.1 Å². The molecule has 1 aliphatic rings. The number of nitriles is 1. The molecule has 0 spiro atoms. The molecular weight excluding hydrogens is 228 g/mol. The second-order valence-corrected chi connectivity index (χ2v) is 6.48. The van der Waals surface area contributed by atoms with E-state index < -0.39 is 31.7 Å². The normalized spacial score (nSPS) is 24.6. The molecule has 6 nitrogen and oxygen atoms in total. The topological polar surface area (TPSA) is 104 Å². The second kappa shape index (κ2) is 3.68. The third-order valence-electron chi connectivity index (χ3n) is 1.52. The molecule has 14 heavy (non-hydrogen) atoms. The third-order valence-corrected chi connectivity index (χ3v) is 4.08. The van der Waals surface area contributed by atoms with Gasteiger partial charge in [0, 0.05) is 5.41 Å². The predicted octanol–water partition coefficient (Wildman–Crippen LogP) is -1.26. The number of sulfonamides is 1. The van der Waals surface area contributed by atoms with Gasteiger partial charge in [0.25, 0.3) is 0 Å². The summed E-state index contributed by atoms with van der Waals surface area (Å²) in [6, 6.07) is 0.727. The number of nitrogens with zero attached hydrogens (tertiary/aromatic N) is 1. The molecule has 0 aromatic heterocycles. The molecule has 1 N–H and O–H groups in total. The van der Waals surface area contributed by atoms with Gasteiger partial charge in [0.05, 0.1) is 17.9 Å². The van der Waals surface area contributed by atoms with Crippen LogP contribution in [0, 0.1) is 11.3 Å². The van der Waals surface area contributed by atoms with E-state index in [2.05, 4.69) is 4.72 Å². The first-order valence-corrected chi connectivity index (χ1v) is 6.99. The van der Waals surface area contributed by atoms with Crippen molar-refractivity contribution in [2.24, 2.45) is 0 Å². The van der Waals surface area contributed by atoms with Crippen molar-refractivity contribution >= 4 is 19.9 Å². The van der Waals surface area contributed by atoms with E-state index in [0.717, 1.165) is 5.41 Å². The first-order valence-electron chi connectivity index (χ1n) is 3.62. The van der Waals surface area contributed by atoms with Gasteiger partial charge in [-0.2, -0.15) is 5.26 Å². The maximum absolute atomic E-state index is 11.0. The van der Waals surface area contributed by atoms with Gasteiger partial charge in [-0.1, -0.05) is 6.08 Å². The van der Waals surface area contributed by atoms with Gasteiger partial charge in [0.2, 0.25) is 10.0 Å². The van der Waals surface area contributed by atoms with E-state index in [-0.39, 0.29) is 5.75 Å². The highest BCUT2D eigenvalue weighted by Gasteiger charge is 2.25. The van der Waals surface area contributed by atoms with Crippen LogP contribution in [-0.4, -0.2) is 34.4 Å². The van der Waals surface area contributed by atoms with Crippen LogP contribution in [0.1, 0.15) is 0 Å². The van der Waals surface area contributed by atoms with Gasteiger partial charge in [-0.3, -0.25) is 0 Å². The van der Waals surface area contributed by atoms with E-state index >= 15 is 0 Å². The first kappa shape index (κ1) is 11.2. The number of hydrogen-bond acceptors (Lipinski definition) is 5. The smallest absolute Gasteiger partial charge is 0.224 e. The molecule has 1 aliphatic heterocycles. The standard InChI is InChI=1S/C6H8N2O4S2/c7-2-4-14(11,12)8-6-1-3-13(9,10)5-6/h1,3,6,8H,4-5H2. The van der Waals surface area contributed by atoms with Crippen molar-refractivity contribution < 1.29 is 16.8 Å². The maximum atomic E-state index is 11.0. The third kappa shape index (κ3) is 3.10. The maximum Gasteiger partial charge on any atom is 0.225 e. The van der Waals surface area contributed by atoms with Crippen LogP contribution < -0.4 is 4.72 Å². The Morgan fingerprint density at radius 1 is 1.57 bits per heavy atom. The number of hydrogen-bond donors (Lipinski definition) is 1. The number of nitrogens with one attached hydrogen (secondary N) is 1. The fraction of sp³-hybridized carbons (Fsp3) is 0.500. The molecular formula is C6H8N2O4S2. The van der Waals surface area contributed by atoms with Crippen LogP contribution in [0.25, 0.3) is 0 Å². The van der Waals surface area contributed by atoms with E-state index in [1.807, 2.05) is 0 Å². The Labute approximate surface area is 82.2 Å². The molecule has 1 unspecified atom stereocenters. The van der Waals surface area contributed by atoms with Crippen LogP contribution in [0.4, 0.5) is 0 Å². The number of sulfone groups is 1. The van der Waals surface area contributed by atoms with Crippen molar-refractivity contribution in [3.63, 3.8) is 0 Å². The van der Waals surface area contributed by atoms with Crippen molar-refractivity contribution in [2.75, 3.05) is 11.5 Å². The molecule has 0 bridgehead atoms. The highest BCUT2D eigenvalue weighted by atomic mass is 32.2. The van der Waals surface area contributed by atoms with Crippen LogP contribution >= 0.6 is 0 Å². The van der Waals surface area contributed by atoms with Crippen LogP contribution in [-0.2, 0) is 19.9 Å². The van der Waals surface area contributed by atoms with Crippen LogP contribution in [0.3, 0.4) is 0 Å². The Morgan fingerprint density at radius 3 is 2.64 bits per heavy atom. The minimum atomic E-state index is -3.69. The zero-order valence-electron chi connectivity index (χ0n) is 7.04. The summed E-state index contributed by atoms with van der Waals surface area (Å²) in [7, 11) is -6.97. The monoisotopic (exact) mass is 236 g/mol. The molecule has 1 rings (SSSR count). The van der Waals surface area contributed by atoms with Gasteiger partial charge in [-0.15, -0.1) is 0 Å². The molecule has 0 saturated heterocycles. The highest BCUT2D eigenvalue weighted by Crippen LogP contribution is 2.08. The SMILES string of the molecule is N#CCS(=O)(=O)NC1C=CS(=O)(=O)C1. The van der Waals surface area contributed by atoms with Gasteiger partial charge in [0.15, 0.2) is 15.6 Å². The van der Waals surface area contributed by atoms with E-state index in [1.54, 1.807) is 0 Å². The second-order valence-electron chi connectivity index (χ2n) is 2.80. The minimum Gasteiger partial charge on any atom is -0.224 e. The summed E-state index contributed by atoms with van der Waals surface area (Å²) in [5, 5.41) is 9.14. The molecule has 0 fully saturated rings. The molecule has 8 heteroatoms. The minimum absolute atomic E-state index is 0.280. The van der Waals surface area contributed by atoms with Crippen molar-refractivity contribution in [2.45, 2.75) is 6.04 Å². The summed E-state index contributed by atoms with van der Waals surface area (Å²) in [6.45, 7) is 0. The Hall–Kier alpha value is -0.910. The number of rotatable bonds is 3. The van der Waals surface area contributed by atoms with Crippen LogP contribution in [0.2, 0.25) is 0 Å². The summed E-state index contributed by atoms with van der Waals surface area (Å²) in [5.74, 6) is -0.949. The summed E-state index contributed by atoms with van der Waals surface area (Å²) < 4.78 is 46.0. The molecule has 0 radical (unpaired) electrons. The zero-order valence-corrected chi connectivity index (χ0v) is 8.68. The summed E-state index contributed by atoms with van der Waals surface area (Å²) >= 11 is 0. The quantitative estimate of drug-likeness (QED) is 0.658. The van der Waals surface area contributed by atoms with Crippen molar-refractivity contribution in [3.8, 4) is 6.07 Å². The van der Waals surface area contributed by atoms with E-state index in [0.29, 0.717) is 0 Å². The largest absolute Gasteiger partial charge is 0.225 e. The molecule has 1 heterocycles. The molecule has 1 atom stereocenters. The summed E-state index contributed by atoms with van der Waals surface area (Å²) in [4.78, 5) is 0. The van der Waals surface area contributed by atoms with Gasteiger partial charge in [0.1, 0.15) is 0 Å². The summed E-state index contributed by atoms with van der Waals surface area (Å²) in [6.07, 6.45) is 1.25. The molecule has 0 aliphatic carbocycles. The van der Waals surface area contributed by atoms with Crippen molar-refractivity contribution in [1.82, 2.24) is 4.72 Å². The van der Waals surface area contributed by atoms with Crippen LogP contribution in [0.15, 0.2) is 11.5 Å². The molecule has 0 aromatic rings.